The Balaban J connectivity index is 0.00000450. The van der Waals surface area contributed by atoms with Gasteiger partial charge in [-0.15, -0.1) is 24.0 Å². The second-order valence-electron chi connectivity index (χ2n) is 8.89. The van der Waals surface area contributed by atoms with Crippen molar-refractivity contribution in [2.75, 3.05) is 78.8 Å². The van der Waals surface area contributed by atoms with Crippen molar-refractivity contribution in [2.24, 2.45) is 10.9 Å². The highest BCUT2D eigenvalue weighted by Crippen LogP contribution is 2.13. The van der Waals surface area contributed by atoms with Gasteiger partial charge >= 0.3 is 0 Å². The largest absolute Gasteiger partial charge is 0.387 e. The molecule has 0 saturated carbocycles. The second-order valence-corrected chi connectivity index (χ2v) is 8.89. The molecule has 2 heterocycles. The molecule has 2 aliphatic rings. The van der Waals surface area contributed by atoms with Crippen molar-refractivity contribution in [2.45, 2.75) is 45.8 Å². The number of hydrogen-bond acceptors (Lipinski definition) is 6. The van der Waals surface area contributed by atoms with Crippen LogP contribution >= 0.6 is 24.0 Å². The van der Waals surface area contributed by atoms with Gasteiger partial charge in [-0.1, -0.05) is 13.8 Å². The van der Waals surface area contributed by atoms with E-state index in [1.165, 1.54) is 0 Å². The highest BCUT2D eigenvalue weighted by atomic mass is 127. The van der Waals surface area contributed by atoms with E-state index in [9.17, 15) is 5.11 Å². The van der Waals surface area contributed by atoms with E-state index in [2.05, 4.69) is 41.2 Å². The molecular formula is C21H44IN5O3. The van der Waals surface area contributed by atoms with Crippen LogP contribution in [0.2, 0.25) is 0 Å². The molecule has 2 aliphatic heterocycles. The number of nitrogens with zero attached hydrogens (tertiary/aromatic N) is 3. The Morgan fingerprint density at radius 1 is 1.07 bits per heavy atom. The Morgan fingerprint density at radius 2 is 1.67 bits per heavy atom. The minimum absolute atomic E-state index is 0. The van der Waals surface area contributed by atoms with Crippen molar-refractivity contribution >= 4 is 29.9 Å². The average Bonchev–Trinajstić information content (AvgIpc) is 2.70. The summed E-state index contributed by atoms with van der Waals surface area (Å²) in [6.45, 7) is 17.9. The van der Waals surface area contributed by atoms with Crippen LogP contribution in [0, 0.1) is 5.92 Å². The molecule has 2 rings (SSSR count). The summed E-state index contributed by atoms with van der Waals surface area (Å²) in [5.74, 6) is 1.41. The SMILES string of the molecule is CCNC(=NCC(C)(O)CN1CCOCC1)NCC(CC(C)C)N1CCOCC1.I. The summed E-state index contributed by atoms with van der Waals surface area (Å²) in [5.41, 5.74) is -0.860. The molecule has 0 aromatic carbocycles. The molecule has 2 saturated heterocycles. The van der Waals surface area contributed by atoms with Crippen molar-refractivity contribution in [1.29, 1.82) is 0 Å². The van der Waals surface area contributed by atoms with Gasteiger partial charge in [0.1, 0.15) is 0 Å². The number of halogens is 1. The fourth-order valence-corrected chi connectivity index (χ4v) is 3.94. The van der Waals surface area contributed by atoms with E-state index in [0.29, 0.717) is 25.0 Å². The Hall–Kier alpha value is -0.200. The van der Waals surface area contributed by atoms with E-state index in [-0.39, 0.29) is 24.0 Å². The number of ether oxygens (including phenoxy) is 2. The van der Waals surface area contributed by atoms with E-state index >= 15 is 0 Å². The Labute approximate surface area is 200 Å². The van der Waals surface area contributed by atoms with Gasteiger partial charge in [-0.3, -0.25) is 14.8 Å². The Kier molecular flexibility index (Phi) is 13.7. The molecule has 9 heteroatoms. The lowest BCUT2D eigenvalue weighted by Gasteiger charge is -2.36. The zero-order valence-electron chi connectivity index (χ0n) is 19.4. The van der Waals surface area contributed by atoms with Gasteiger partial charge in [0, 0.05) is 51.9 Å². The molecular weight excluding hydrogens is 497 g/mol. The summed E-state index contributed by atoms with van der Waals surface area (Å²) in [5, 5.41) is 17.6. The van der Waals surface area contributed by atoms with E-state index < -0.39 is 5.60 Å². The molecule has 178 valence electrons. The molecule has 0 aromatic heterocycles. The van der Waals surface area contributed by atoms with Crippen LogP contribution in [0.1, 0.15) is 34.1 Å². The normalized spacial score (nSPS) is 22.3. The van der Waals surface area contributed by atoms with Crippen molar-refractivity contribution in [1.82, 2.24) is 20.4 Å². The minimum atomic E-state index is -0.860. The quantitative estimate of drug-likeness (QED) is 0.216. The maximum atomic E-state index is 10.8. The standard InChI is InChI=1S/C21H43N5O3.HI/c1-5-22-20(24-16-21(4,27)17-25-6-10-28-11-7-25)23-15-19(14-18(2)3)26-8-12-29-13-9-26;/h18-19,27H,5-17H2,1-4H3,(H2,22,23,24);1H. The molecule has 0 aromatic rings. The van der Waals surface area contributed by atoms with Crippen LogP contribution in [0.15, 0.2) is 4.99 Å². The van der Waals surface area contributed by atoms with Gasteiger partial charge in [0.25, 0.3) is 0 Å². The third-order valence-electron chi connectivity index (χ3n) is 5.40. The Bertz CT molecular complexity index is 481. The third-order valence-corrected chi connectivity index (χ3v) is 5.40. The number of nitrogens with one attached hydrogen (secondary N) is 2. The molecule has 2 atom stereocenters. The minimum Gasteiger partial charge on any atom is -0.387 e. The molecule has 3 N–H and O–H groups in total. The molecule has 0 spiro atoms. The van der Waals surface area contributed by atoms with Gasteiger partial charge in [-0.2, -0.15) is 0 Å². The van der Waals surface area contributed by atoms with Gasteiger partial charge < -0.3 is 25.2 Å². The highest BCUT2D eigenvalue weighted by Gasteiger charge is 2.26. The lowest BCUT2D eigenvalue weighted by Crippen LogP contribution is -2.51. The molecule has 0 radical (unpaired) electrons. The molecule has 30 heavy (non-hydrogen) atoms. The zero-order chi connectivity index (χ0) is 21.1. The first kappa shape index (κ1) is 27.8. The summed E-state index contributed by atoms with van der Waals surface area (Å²) in [6, 6.07) is 0.455. The number of β-amino-alcohol motifs (C(OH)–C–C–N with tert-alkyl or cyclic N) is 1. The zero-order valence-corrected chi connectivity index (χ0v) is 21.7. The van der Waals surface area contributed by atoms with Crippen molar-refractivity contribution < 1.29 is 14.6 Å². The van der Waals surface area contributed by atoms with E-state index in [0.717, 1.165) is 78.1 Å². The first-order chi connectivity index (χ1) is 13.9. The number of aliphatic hydroxyl groups is 1. The van der Waals surface area contributed by atoms with Gasteiger partial charge in [0.2, 0.25) is 0 Å². The summed E-state index contributed by atoms with van der Waals surface area (Å²) in [4.78, 5) is 9.46. The molecule has 8 nitrogen and oxygen atoms in total. The monoisotopic (exact) mass is 541 g/mol. The lowest BCUT2D eigenvalue weighted by atomic mass is 10.0. The fourth-order valence-electron chi connectivity index (χ4n) is 3.94. The molecule has 0 aliphatic carbocycles. The first-order valence-electron chi connectivity index (χ1n) is 11.3. The van der Waals surface area contributed by atoms with Crippen molar-refractivity contribution in [3.8, 4) is 0 Å². The molecule has 2 fully saturated rings. The smallest absolute Gasteiger partial charge is 0.191 e. The van der Waals surface area contributed by atoms with E-state index in [1.54, 1.807) is 0 Å². The topological polar surface area (TPSA) is 81.6 Å². The Morgan fingerprint density at radius 3 is 2.23 bits per heavy atom. The first-order valence-corrected chi connectivity index (χ1v) is 11.3. The summed E-state index contributed by atoms with van der Waals surface area (Å²) in [6.07, 6.45) is 1.14. The highest BCUT2D eigenvalue weighted by molar-refractivity contribution is 14.0. The van der Waals surface area contributed by atoms with Crippen LogP contribution in [0.3, 0.4) is 0 Å². The molecule has 0 amide bonds. The van der Waals surface area contributed by atoms with E-state index in [4.69, 9.17) is 14.5 Å². The average molecular weight is 542 g/mol. The maximum Gasteiger partial charge on any atom is 0.191 e. The molecule has 0 bridgehead atoms. The van der Waals surface area contributed by atoms with Gasteiger partial charge in [-0.25, -0.2) is 0 Å². The van der Waals surface area contributed by atoms with Crippen molar-refractivity contribution in [3.05, 3.63) is 0 Å². The number of aliphatic imine (C=N–C) groups is 1. The van der Waals surface area contributed by atoms with Crippen LogP contribution in [0.4, 0.5) is 0 Å². The van der Waals surface area contributed by atoms with Crippen LogP contribution in [0.5, 0.6) is 0 Å². The van der Waals surface area contributed by atoms with Gasteiger partial charge in [0.15, 0.2) is 5.96 Å². The van der Waals surface area contributed by atoms with Crippen LogP contribution in [-0.2, 0) is 9.47 Å². The van der Waals surface area contributed by atoms with Gasteiger partial charge in [-0.05, 0) is 26.2 Å². The summed E-state index contributed by atoms with van der Waals surface area (Å²) >= 11 is 0. The lowest BCUT2D eigenvalue weighted by molar-refractivity contribution is -0.0180. The number of hydrogen-bond donors (Lipinski definition) is 3. The van der Waals surface area contributed by atoms with E-state index in [1.807, 2.05) is 6.92 Å². The number of guanidine groups is 1. The van der Waals surface area contributed by atoms with Crippen molar-refractivity contribution in [3.63, 3.8) is 0 Å². The summed E-state index contributed by atoms with van der Waals surface area (Å²) in [7, 11) is 0. The second kappa shape index (κ2) is 14.8. The fraction of sp³-hybridized carbons (Fsp3) is 0.952. The van der Waals surface area contributed by atoms with Crippen LogP contribution in [0.25, 0.3) is 0 Å². The van der Waals surface area contributed by atoms with Crippen LogP contribution < -0.4 is 10.6 Å². The predicted molar refractivity (Wildman–Crippen MR) is 133 cm³/mol. The predicted octanol–water partition coefficient (Wildman–Crippen LogP) is 0.990. The summed E-state index contributed by atoms with van der Waals surface area (Å²) < 4.78 is 10.9. The third kappa shape index (κ3) is 10.9. The number of rotatable bonds is 10. The molecule has 2 unspecified atom stereocenters. The van der Waals surface area contributed by atoms with Gasteiger partial charge in [0.05, 0.1) is 38.6 Å². The van der Waals surface area contributed by atoms with Crippen LogP contribution in [-0.4, -0.2) is 111 Å². The maximum absolute atomic E-state index is 10.8. The number of morpholine rings is 2.